The molecule has 8 heteroatoms. The summed E-state index contributed by atoms with van der Waals surface area (Å²) in [6.07, 6.45) is 1.40. The molecule has 1 aromatic carbocycles. The van der Waals surface area contributed by atoms with Crippen LogP contribution in [0.4, 0.5) is 11.5 Å². The van der Waals surface area contributed by atoms with Crippen molar-refractivity contribution in [3.8, 4) is 0 Å². The highest BCUT2D eigenvalue weighted by atomic mass is 32.2. The Morgan fingerprint density at radius 2 is 1.86 bits per heavy atom. The third-order valence-electron chi connectivity index (χ3n) is 2.75. The van der Waals surface area contributed by atoms with E-state index in [-0.39, 0.29) is 28.7 Å². The average Bonchev–Trinajstić information content (AvgIpc) is 2.48. The molecule has 1 heterocycles. The Morgan fingerprint density at radius 1 is 1.14 bits per heavy atom. The number of nitrogens with one attached hydrogen (secondary N) is 1. The smallest absolute Gasteiger partial charge is 0.311 e. The minimum absolute atomic E-state index is 0.0368. The normalized spacial score (nSPS) is 11.0. The van der Waals surface area contributed by atoms with Crippen LogP contribution in [0, 0.1) is 10.1 Å². The third-order valence-corrected chi connectivity index (χ3v) is 4.48. The number of nitro groups is 1. The van der Waals surface area contributed by atoms with Crippen LogP contribution in [0.3, 0.4) is 0 Å². The van der Waals surface area contributed by atoms with E-state index in [1.807, 2.05) is 0 Å². The second kappa shape index (κ2) is 6.31. The fourth-order valence-corrected chi connectivity index (χ4v) is 2.91. The van der Waals surface area contributed by atoms with Gasteiger partial charge in [0.1, 0.15) is 0 Å². The Balaban J connectivity index is 2.04. The van der Waals surface area contributed by atoms with Crippen LogP contribution in [0.15, 0.2) is 53.6 Å². The van der Waals surface area contributed by atoms with Gasteiger partial charge in [-0.05, 0) is 18.2 Å². The van der Waals surface area contributed by atoms with Gasteiger partial charge in [-0.3, -0.25) is 10.1 Å². The van der Waals surface area contributed by atoms with Crippen molar-refractivity contribution >= 4 is 21.3 Å². The zero-order valence-corrected chi connectivity index (χ0v) is 11.8. The van der Waals surface area contributed by atoms with E-state index < -0.39 is 14.8 Å². The molecule has 0 bridgehead atoms. The molecule has 0 aliphatic rings. The first kappa shape index (κ1) is 14.9. The molecule has 2 rings (SSSR count). The van der Waals surface area contributed by atoms with Gasteiger partial charge in [-0.1, -0.05) is 18.2 Å². The summed E-state index contributed by atoms with van der Waals surface area (Å²) in [5.74, 6) is -0.115. The molecule has 7 nitrogen and oxygen atoms in total. The predicted octanol–water partition coefficient (Wildman–Crippen LogP) is 1.88. The highest BCUT2D eigenvalue weighted by Crippen LogP contribution is 2.20. The van der Waals surface area contributed by atoms with Gasteiger partial charge in [0, 0.05) is 18.8 Å². The first-order valence-corrected chi connectivity index (χ1v) is 7.77. The van der Waals surface area contributed by atoms with Crippen LogP contribution in [0.1, 0.15) is 0 Å². The summed E-state index contributed by atoms with van der Waals surface area (Å²) < 4.78 is 24.1. The molecule has 110 valence electrons. The lowest BCUT2D eigenvalue weighted by Crippen LogP contribution is -2.17. The van der Waals surface area contributed by atoms with E-state index in [2.05, 4.69) is 10.3 Å². The fraction of sp³-hybridized carbons (Fsp3) is 0.154. The summed E-state index contributed by atoms with van der Waals surface area (Å²) in [6.45, 7) is 0.0368. The Kier molecular flexibility index (Phi) is 4.49. The molecule has 1 N–H and O–H groups in total. The van der Waals surface area contributed by atoms with Crippen molar-refractivity contribution in [2.45, 2.75) is 4.90 Å². The minimum Gasteiger partial charge on any atom is -0.363 e. The Labute approximate surface area is 121 Å². The molecule has 0 amide bonds. The molecule has 0 aliphatic heterocycles. The van der Waals surface area contributed by atoms with Crippen LogP contribution in [0.2, 0.25) is 0 Å². The van der Waals surface area contributed by atoms with Crippen LogP contribution in [-0.4, -0.2) is 30.6 Å². The predicted molar refractivity (Wildman–Crippen MR) is 77.9 cm³/mol. The monoisotopic (exact) mass is 307 g/mol. The largest absolute Gasteiger partial charge is 0.363 e. The van der Waals surface area contributed by atoms with Crippen molar-refractivity contribution in [3.63, 3.8) is 0 Å². The average molecular weight is 307 g/mol. The number of hydrogen-bond donors (Lipinski definition) is 1. The van der Waals surface area contributed by atoms with Gasteiger partial charge in [-0.25, -0.2) is 13.4 Å². The lowest BCUT2D eigenvalue weighted by molar-refractivity contribution is -0.384. The lowest BCUT2D eigenvalue weighted by atomic mass is 10.4. The second-order valence-electron chi connectivity index (χ2n) is 4.19. The van der Waals surface area contributed by atoms with Crippen LogP contribution >= 0.6 is 0 Å². The molecule has 1 aromatic heterocycles. The van der Waals surface area contributed by atoms with Crippen molar-refractivity contribution in [2.24, 2.45) is 0 Å². The number of anilines is 1. The van der Waals surface area contributed by atoms with E-state index in [9.17, 15) is 18.5 Å². The Morgan fingerprint density at radius 3 is 2.52 bits per heavy atom. The van der Waals surface area contributed by atoms with Crippen molar-refractivity contribution in [2.75, 3.05) is 17.6 Å². The topological polar surface area (TPSA) is 102 Å². The molecule has 21 heavy (non-hydrogen) atoms. The molecular formula is C13H13N3O4S. The van der Waals surface area contributed by atoms with Crippen molar-refractivity contribution in [1.29, 1.82) is 0 Å². The first-order valence-electron chi connectivity index (χ1n) is 6.12. The van der Waals surface area contributed by atoms with Gasteiger partial charge < -0.3 is 5.32 Å². The van der Waals surface area contributed by atoms with Crippen molar-refractivity contribution < 1.29 is 13.3 Å². The number of aromatic nitrogens is 1. The number of nitrogens with zero attached hydrogens (tertiary/aromatic N) is 2. The van der Waals surface area contributed by atoms with Crippen LogP contribution in [0.5, 0.6) is 0 Å². The fourth-order valence-electron chi connectivity index (χ4n) is 1.73. The van der Waals surface area contributed by atoms with Crippen molar-refractivity contribution in [3.05, 3.63) is 58.8 Å². The van der Waals surface area contributed by atoms with Gasteiger partial charge in [0.15, 0.2) is 9.84 Å². The second-order valence-corrected chi connectivity index (χ2v) is 6.30. The zero-order chi connectivity index (χ0) is 15.3. The van der Waals surface area contributed by atoms with Gasteiger partial charge in [0.25, 0.3) is 0 Å². The van der Waals surface area contributed by atoms with Crippen LogP contribution < -0.4 is 5.32 Å². The van der Waals surface area contributed by atoms with Gasteiger partial charge in [-0.2, -0.15) is 0 Å². The Bertz CT molecular complexity index is 732. The molecule has 0 saturated heterocycles. The summed E-state index contributed by atoms with van der Waals surface area (Å²) in [4.78, 5) is 14.3. The van der Waals surface area contributed by atoms with E-state index in [0.717, 1.165) is 0 Å². The van der Waals surface area contributed by atoms with Gasteiger partial charge in [0.2, 0.25) is 5.82 Å². The van der Waals surface area contributed by atoms with E-state index in [1.165, 1.54) is 30.5 Å². The van der Waals surface area contributed by atoms with Gasteiger partial charge >= 0.3 is 5.69 Å². The number of sulfone groups is 1. The third kappa shape index (κ3) is 3.76. The molecule has 0 unspecified atom stereocenters. The van der Waals surface area contributed by atoms with Crippen LogP contribution in [0.25, 0.3) is 0 Å². The van der Waals surface area contributed by atoms with Crippen molar-refractivity contribution in [1.82, 2.24) is 4.98 Å². The lowest BCUT2D eigenvalue weighted by Gasteiger charge is -2.07. The molecule has 0 aliphatic carbocycles. The maximum absolute atomic E-state index is 12.0. The quantitative estimate of drug-likeness (QED) is 0.645. The van der Waals surface area contributed by atoms with Gasteiger partial charge in [0.05, 0.1) is 15.6 Å². The first-order chi connectivity index (χ1) is 10.0. The number of hydrogen-bond acceptors (Lipinski definition) is 6. The maximum Gasteiger partial charge on any atom is 0.311 e. The zero-order valence-electron chi connectivity index (χ0n) is 11.0. The standard InChI is InChI=1S/C13H13N3O4S/c17-16(18)12-7-4-8-14-13(12)15-9-10-21(19,20)11-5-2-1-3-6-11/h1-8H,9-10H2,(H,14,15). The number of benzene rings is 1. The van der Waals surface area contributed by atoms with E-state index in [4.69, 9.17) is 0 Å². The molecule has 0 spiro atoms. The highest BCUT2D eigenvalue weighted by Gasteiger charge is 2.16. The summed E-state index contributed by atoms with van der Waals surface area (Å²) in [7, 11) is -3.42. The summed E-state index contributed by atoms with van der Waals surface area (Å²) in [6, 6.07) is 10.8. The minimum atomic E-state index is -3.42. The van der Waals surface area contributed by atoms with Gasteiger partial charge in [-0.15, -0.1) is 0 Å². The SMILES string of the molecule is O=[N+]([O-])c1cccnc1NCCS(=O)(=O)c1ccccc1. The Hall–Kier alpha value is -2.48. The van der Waals surface area contributed by atoms with E-state index >= 15 is 0 Å². The van der Waals surface area contributed by atoms with E-state index in [0.29, 0.717) is 0 Å². The van der Waals surface area contributed by atoms with E-state index in [1.54, 1.807) is 18.2 Å². The molecule has 0 radical (unpaired) electrons. The summed E-state index contributed by atoms with van der Waals surface area (Å²) in [5.41, 5.74) is -0.186. The molecule has 2 aromatic rings. The summed E-state index contributed by atoms with van der Waals surface area (Å²) >= 11 is 0. The molecular weight excluding hydrogens is 294 g/mol. The molecule has 0 fully saturated rings. The highest BCUT2D eigenvalue weighted by molar-refractivity contribution is 7.91. The number of pyridine rings is 1. The van der Waals surface area contributed by atoms with Crippen LogP contribution in [-0.2, 0) is 9.84 Å². The summed E-state index contributed by atoms with van der Waals surface area (Å²) in [5, 5.41) is 13.5. The number of rotatable bonds is 6. The molecule has 0 saturated carbocycles. The maximum atomic E-state index is 12.0. The molecule has 0 atom stereocenters.